The van der Waals surface area contributed by atoms with Crippen LogP contribution >= 0.6 is 0 Å². The summed E-state index contributed by atoms with van der Waals surface area (Å²) in [5.41, 5.74) is 2.91. The molecule has 3 aromatic rings. The minimum atomic E-state index is -0.512. The van der Waals surface area contributed by atoms with Gasteiger partial charge in [0.1, 0.15) is 5.75 Å². The van der Waals surface area contributed by atoms with Crippen molar-refractivity contribution in [1.82, 2.24) is 20.4 Å². The molecule has 0 radical (unpaired) electrons. The highest BCUT2D eigenvalue weighted by molar-refractivity contribution is 5.87. The lowest BCUT2D eigenvalue weighted by molar-refractivity contribution is 0.209. The molecule has 1 unspecified atom stereocenters. The van der Waals surface area contributed by atoms with Gasteiger partial charge in [0.2, 0.25) is 5.82 Å². The SMILES string of the molecule is C=CCN1C(=O)NC(c2cccc(OC)c2)C(c2nc(-c3ccc(OC)c(OC)c3)no2)=C1C. The van der Waals surface area contributed by atoms with Gasteiger partial charge in [0.25, 0.3) is 5.89 Å². The average molecular weight is 463 g/mol. The van der Waals surface area contributed by atoms with E-state index in [4.69, 9.17) is 18.7 Å². The third kappa shape index (κ3) is 4.19. The van der Waals surface area contributed by atoms with Crippen LogP contribution in [-0.4, -0.2) is 48.9 Å². The lowest BCUT2D eigenvalue weighted by Crippen LogP contribution is -2.46. The van der Waals surface area contributed by atoms with Gasteiger partial charge in [-0.25, -0.2) is 4.79 Å². The minimum absolute atomic E-state index is 0.242. The monoisotopic (exact) mass is 462 g/mol. The van der Waals surface area contributed by atoms with Gasteiger partial charge < -0.3 is 24.1 Å². The highest BCUT2D eigenvalue weighted by Crippen LogP contribution is 2.38. The number of rotatable bonds is 8. The van der Waals surface area contributed by atoms with Crippen molar-refractivity contribution in [1.29, 1.82) is 0 Å². The van der Waals surface area contributed by atoms with Crippen LogP contribution in [0, 0.1) is 0 Å². The summed E-state index contributed by atoms with van der Waals surface area (Å²) in [6, 6.07) is 12.1. The van der Waals surface area contributed by atoms with E-state index in [0.29, 0.717) is 52.3 Å². The van der Waals surface area contributed by atoms with E-state index < -0.39 is 6.04 Å². The van der Waals surface area contributed by atoms with Crippen LogP contribution in [0.5, 0.6) is 17.2 Å². The summed E-state index contributed by atoms with van der Waals surface area (Å²) < 4.78 is 21.8. The highest BCUT2D eigenvalue weighted by Gasteiger charge is 2.35. The maximum atomic E-state index is 12.9. The topological polar surface area (TPSA) is 99.0 Å². The molecule has 0 bridgehead atoms. The zero-order valence-corrected chi connectivity index (χ0v) is 19.5. The Morgan fingerprint density at radius 2 is 1.91 bits per heavy atom. The fourth-order valence-electron chi connectivity index (χ4n) is 3.90. The van der Waals surface area contributed by atoms with Crippen LogP contribution in [0.1, 0.15) is 24.4 Å². The molecule has 2 amide bonds. The lowest BCUT2D eigenvalue weighted by atomic mass is 9.94. The molecule has 2 aromatic carbocycles. The van der Waals surface area contributed by atoms with E-state index in [1.807, 2.05) is 37.3 Å². The van der Waals surface area contributed by atoms with Gasteiger partial charge in [-0.1, -0.05) is 23.4 Å². The summed E-state index contributed by atoms with van der Waals surface area (Å²) in [5, 5.41) is 7.23. The number of methoxy groups -OCH3 is 3. The van der Waals surface area contributed by atoms with Crippen LogP contribution in [0.15, 0.2) is 65.3 Å². The molecule has 176 valence electrons. The summed E-state index contributed by atoms with van der Waals surface area (Å²) in [5.74, 6) is 2.51. The number of allylic oxidation sites excluding steroid dienone is 1. The first-order chi connectivity index (χ1) is 16.5. The van der Waals surface area contributed by atoms with Crippen molar-refractivity contribution < 1.29 is 23.5 Å². The molecule has 1 atom stereocenters. The van der Waals surface area contributed by atoms with E-state index in [-0.39, 0.29) is 6.03 Å². The Morgan fingerprint density at radius 3 is 2.62 bits per heavy atom. The minimum Gasteiger partial charge on any atom is -0.497 e. The number of carbonyl (C=O) groups excluding carboxylic acids is 1. The Labute approximate surface area is 197 Å². The molecule has 9 nitrogen and oxygen atoms in total. The van der Waals surface area contributed by atoms with E-state index in [1.165, 1.54) is 0 Å². The third-order valence-corrected chi connectivity index (χ3v) is 5.63. The van der Waals surface area contributed by atoms with Crippen LogP contribution in [0.4, 0.5) is 4.79 Å². The normalized spacial score (nSPS) is 15.7. The van der Waals surface area contributed by atoms with E-state index in [0.717, 1.165) is 5.56 Å². The number of hydrogen-bond donors (Lipinski definition) is 1. The van der Waals surface area contributed by atoms with Gasteiger partial charge >= 0.3 is 6.03 Å². The second-order valence-corrected chi connectivity index (χ2v) is 7.55. The van der Waals surface area contributed by atoms with Crippen LogP contribution in [0.25, 0.3) is 17.0 Å². The van der Waals surface area contributed by atoms with Crippen LogP contribution in [-0.2, 0) is 0 Å². The van der Waals surface area contributed by atoms with Gasteiger partial charge in [-0.3, -0.25) is 4.90 Å². The summed E-state index contributed by atoms with van der Waals surface area (Å²) in [6.45, 7) is 5.95. The van der Waals surface area contributed by atoms with E-state index in [2.05, 4.69) is 22.0 Å². The summed E-state index contributed by atoms with van der Waals surface area (Å²) in [7, 11) is 4.74. The number of amides is 2. The Morgan fingerprint density at radius 1 is 1.12 bits per heavy atom. The second-order valence-electron chi connectivity index (χ2n) is 7.55. The van der Waals surface area contributed by atoms with E-state index in [1.54, 1.807) is 44.4 Å². The summed E-state index contributed by atoms with van der Waals surface area (Å²) in [6.07, 6.45) is 1.66. The molecule has 4 rings (SSSR count). The van der Waals surface area contributed by atoms with Gasteiger partial charge in [-0.15, -0.1) is 6.58 Å². The van der Waals surface area contributed by atoms with Crippen molar-refractivity contribution in [3.05, 3.63) is 72.3 Å². The molecular weight excluding hydrogens is 436 g/mol. The molecule has 0 aliphatic carbocycles. The largest absolute Gasteiger partial charge is 0.497 e. The van der Waals surface area contributed by atoms with Crippen molar-refractivity contribution in [2.24, 2.45) is 0 Å². The maximum absolute atomic E-state index is 12.9. The first kappa shape index (κ1) is 22.9. The Balaban J connectivity index is 1.81. The molecule has 1 aromatic heterocycles. The third-order valence-electron chi connectivity index (χ3n) is 5.63. The number of carbonyl (C=O) groups is 1. The van der Waals surface area contributed by atoms with Gasteiger partial charge in [-0.2, -0.15) is 4.98 Å². The molecule has 0 saturated heterocycles. The summed E-state index contributed by atoms with van der Waals surface area (Å²) in [4.78, 5) is 19.1. The van der Waals surface area contributed by atoms with Crippen molar-refractivity contribution in [3.8, 4) is 28.6 Å². The Bertz CT molecular complexity index is 1250. The van der Waals surface area contributed by atoms with Gasteiger partial charge in [-0.05, 0) is 42.8 Å². The first-order valence-electron chi connectivity index (χ1n) is 10.6. The van der Waals surface area contributed by atoms with E-state index >= 15 is 0 Å². The average Bonchev–Trinajstić information content (AvgIpc) is 3.35. The zero-order chi connectivity index (χ0) is 24.2. The molecule has 1 aliphatic heterocycles. The number of urea groups is 1. The highest BCUT2D eigenvalue weighted by atomic mass is 16.5. The fourth-order valence-corrected chi connectivity index (χ4v) is 3.90. The predicted octanol–water partition coefficient (Wildman–Crippen LogP) is 4.45. The van der Waals surface area contributed by atoms with Crippen LogP contribution < -0.4 is 19.5 Å². The lowest BCUT2D eigenvalue weighted by Gasteiger charge is -2.34. The predicted molar refractivity (Wildman–Crippen MR) is 127 cm³/mol. The molecule has 1 N–H and O–H groups in total. The number of nitrogens with zero attached hydrogens (tertiary/aromatic N) is 3. The van der Waals surface area contributed by atoms with Crippen LogP contribution in [0.3, 0.4) is 0 Å². The molecule has 0 fully saturated rings. The number of ether oxygens (including phenoxy) is 3. The standard InChI is InChI=1S/C25H26N4O5/c1-6-12-29-15(2)21(22(26-25(29)30)16-8-7-9-18(13-16)31-3)24-27-23(28-34-24)17-10-11-19(32-4)20(14-17)33-5/h6-11,13-14,22H,1,12H2,2-5H3,(H,26,30). The Hall–Kier alpha value is -4.27. The molecule has 2 heterocycles. The van der Waals surface area contributed by atoms with Crippen LogP contribution in [0.2, 0.25) is 0 Å². The van der Waals surface area contributed by atoms with Crippen molar-refractivity contribution in [2.75, 3.05) is 27.9 Å². The van der Waals surface area contributed by atoms with Gasteiger partial charge in [0.05, 0.1) is 32.9 Å². The molecular formula is C25H26N4O5. The number of aromatic nitrogens is 2. The molecule has 9 heteroatoms. The molecule has 0 saturated carbocycles. The fraction of sp³-hybridized carbons (Fsp3) is 0.240. The second kappa shape index (κ2) is 9.70. The summed E-state index contributed by atoms with van der Waals surface area (Å²) >= 11 is 0. The quantitative estimate of drug-likeness (QED) is 0.494. The molecule has 1 aliphatic rings. The first-order valence-corrected chi connectivity index (χ1v) is 10.6. The number of hydrogen-bond acceptors (Lipinski definition) is 7. The van der Waals surface area contributed by atoms with Gasteiger partial charge in [0.15, 0.2) is 11.5 Å². The number of nitrogens with one attached hydrogen (secondary N) is 1. The van der Waals surface area contributed by atoms with E-state index in [9.17, 15) is 4.79 Å². The van der Waals surface area contributed by atoms with Crippen molar-refractivity contribution in [3.63, 3.8) is 0 Å². The van der Waals surface area contributed by atoms with Gasteiger partial charge in [0, 0.05) is 17.8 Å². The smallest absolute Gasteiger partial charge is 0.322 e. The maximum Gasteiger partial charge on any atom is 0.322 e. The van der Waals surface area contributed by atoms with Crippen molar-refractivity contribution >= 4 is 11.6 Å². The number of benzene rings is 2. The van der Waals surface area contributed by atoms with Crippen molar-refractivity contribution in [2.45, 2.75) is 13.0 Å². The Kier molecular flexibility index (Phi) is 6.53. The zero-order valence-electron chi connectivity index (χ0n) is 19.5. The molecule has 34 heavy (non-hydrogen) atoms. The molecule has 0 spiro atoms.